The van der Waals surface area contributed by atoms with Crippen LogP contribution in [0, 0.1) is 5.92 Å². The Labute approximate surface area is 171 Å². The van der Waals surface area contributed by atoms with Crippen molar-refractivity contribution >= 4 is 22.6 Å². The van der Waals surface area contributed by atoms with E-state index in [-0.39, 0.29) is 12.0 Å². The van der Waals surface area contributed by atoms with Crippen LogP contribution in [0.3, 0.4) is 0 Å². The minimum atomic E-state index is -0.680. The summed E-state index contributed by atoms with van der Waals surface area (Å²) in [6.45, 7) is 1.51. The molecule has 29 heavy (non-hydrogen) atoms. The maximum atomic E-state index is 11.4. The van der Waals surface area contributed by atoms with E-state index in [1.807, 2.05) is 32.3 Å². The Morgan fingerprint density at radius 3 is 2.38 bits per heavy atom. The maximum absolute atomic E-state index is 11.4. The fraction of sp³-hybridized carbons (Fsp3) is 0.333. The van der Waals surface area contributed by atoms with Crippen molar-refractivity contribution in [3.8, 4) is 0 Å². The number of aromatic nitrogens is 1. The molecule has 1 atom stereocenters. The molecule has 2 aromatic carbocycles. The van der Waals surface area contributed by atoms with Gasteiger partial charge < -0.3 is 10.0 Å². The summed E-state index contributed by atoms with van der Waals surface area (Å²) < 4.78 is 0. The van der Waals surface area contributed by atoms with Crippen LogP contribution in [0.2, 0.25) is 0 Å². The number of likely N-dealkylation sites (tertiary alicyclic amines) is 1. The van der Waals surface area contributed by atoms with Gasteiger partial charge >= 0.3 is 5.97 Å². The Kier molecular flexibility index (Phi) is 5.49. The highest BCUT2D eigenvalue weighted by Crippen LogP contribution is 2.33. The number of para-hydroxylation sites is 1. The minimum absolute atomic E-state index is 0.0190. The molecule has 150 valence electrons. The normalized spacial score (nSPS) is 16.6. The van der Waals surface area contributed by atoms with Crippen molar-refractivity contribution in [2.24, 2.45) is 5.92 Å². The third-order valence-electron chi connectivity index (χ3n) is 5.87. The molecule has 1 aliphatic heterocycles. The van der Waals surface area contributed by atoms with E-state index in [0.29, 0.717) is 12.8 Å². The van der Waals surface area contributed by atoms with Gasteiger partial charge in [-0.2, -0.15) is 0 Å². The van der Waals surface area contributed by atoms with Crippen LogP contribution in [-0.2, 0) is 4.79 Å². The molecule has 3 aromatic rings. The van der Waals surface area contributed by atoms with Gasteiger partial charge in [-0.25, -0.2) is 0 Å². The Bertz CT molecular complexity index is 992. The fourth-order valence-electron chi connectivity index (χ4n) is 4.16. The number of hydrogen-bond acceptors (Lipinski definition) is 4. The van der Waals surface area contributed by atoms with E-state index in [1.54, 1.807) is 0 Å². The Morgan fingerprint density at radius 2 is 1.72 bits per heavy atom. The number of carboxylic acids is 1. The molecule has 0 radical (unpaired) electrons. The first kappa shape index (κ1) is 19.4. The molecule has 0 spiro atoms. The van der Waals surface area contributed by atoms with Crippen molar-refractivity contribution in [2.75, 3.05) is 32.1 Å². The first-order valence-corrected chi connectivity index (χ1v) is 10.1. The van der Waals surface area contributed by atoms with Gasteiger partial charge in [0.2, 0.25) is 0 Å². The number of carboxylic acid groups (broad SMARTS) is 1. The van der Waals surface area contributed by atoms with E-state index in [0.717, 1.165) is 35.4 Å². The lowest BCUT2D eigenvalue weighted by Gasteiger charge is -2.36. The van der Waals surface area contributed by atoms with E-state index in [2.05, 4.69) is 52.3 Å². The van der Waals surface area contributed by atoms with E-state index in [4.69, 9.17) is 4.98 Å². The third-order valence-corrected chi connectivity index (χ3v) is 5.87. The monoisotopic (exact) mass is 389 g/mol. The summed E-state index contributed by atoms with van der Waals surface area (Å²) in [6, 6.07) is 21.0. The first-order chi connectivity index (χ1) is 14.0. The number of piperidine rings is 1. The predicted molar refractivity (Wildman–Crippen MR) is 116 cm³/mol. The summed E-state index contributed by atoms with van der Waals surface area (Å²) >= 11 is 0. The summed E-state index contributed by atoms with van der Waals surface area (Å²) in [5.74, 6) is -0.923. The standard InChI is InChI=1S/C24H27N3O2/c1-26(2)20-10-7-18(8-11-20)23(27-15-13-19(14-16-27)24(28)29)22-12-9-17-5-3-4-6-21(17)25-22/h3-12,19,23H,13-16H2,1-2H3,(H,28,29). The average Bonchev–Trinajstić information content (AvgIpc) is 2.74. The van der Waals surface area contributed by atoms with Crippen molar-refractivity contribution in [3.05, 3.63) is 71.9 Å². The molecule has 0 saturated carbocycles. The van der Waals surface area contributed by atoms with Crippen molar-refractivity contribution in [2.45, 2.75) is 18.9 Å². The van der Waals surface area contributed by atoms with Gasteiger partial charge in [-0.1, -0.05) is 36.4 Å². The first-order valence-electron chi connectivity index (χ1n) is 10.1. The van der Waals surface area contributed by atoms with Gasteiger partial charge in [0.05, 0.1) is 23.2 Å². The summed E-state index contributed by atoms with van der Waals surface area (Å²) in [4.78, 5) is 20.8. The van der Waals surface area contributed by atoms with Crippen molar-refractivity contribution < 1.29 is 9.90 Å². The van der Waals surface area contributed by atoms with Crippen molar-refractivity contribution in [1.82, 2.24) is 9.88 Å². The number of benzene rings is 2. The minimum Gasteiger partial charge on any atom is -0.481 e. The molecule has 1 aliphatic rings. The SMILES string of the molecule is CN(C)c1ccc(C(c2ccc3ccccc3n2)N2CCC(C(=O)O)CC2)cc1. The van der Waals surface area contributed by atoms with Crippen LogP contribution >= 0.6 is 0 Å². The molecule has 5 heteroatoms. The van der Waals surface area contributed by atoms with E-state index < -0.39 is 5.97 Å². The molecule has 1 unspecified atom stereocenters. The van der Waals surface area contributed by atoms with Crippen LogP contribution in [-0.4, -0.2) is 48.1 Å². The summed E-state index contributed by atoms with van der Waals surface area (Å²) in [7, 11) is 4.07. The molecule has 0 aliphatic carbocycles. The lowest BCUT2D eigenvalue weighted by atomic mass is 9.92. The van der Waals surface area contributed by atoms with Gasteiger partial charge in [0, 0.05) is 25.2 Å². The second-order valence-corrected chi connectivity index (χ2v) is 7.97. The molecule has 1 aromatic heterocycles. The number of pyridine rings is 1. The largest absolute Gasteiger partial charge is 0.481 e. The predicted octanol–water partition coefficient (Wildman–Crippen LogP) is 4.19. The van der Waals surface area contributed by atoms with Crippen molar-refractivity contribution in [3.63, 3.8) is 0 Å². The number of carbonyl (C=O) groups is 1. The van der Waals surface area contributed by atoms with Gasteiger partial charge in [0.1, 0.15) is 0 Å². The zero-order chi connectivity index (χ0) is 20.4. The Balaban J connectivity index is 1.71. The Morgan fingerprint density at radius 1 is 1.03 bits per heavy atom. The fourth-order valence-corrected chi connectivity index (χ4v) is 4.16. The van der Waals surface area contributed by atoms with Gasteiger partial charge in [0.15, 0.2) is 0 Å². The molecule has 0 bridgehead atoms. The van der Waals surface area contributed by atoms with Gasteiger partial charge in [-0.05, 0) is 55.8 Å². The lowest BCUT2D eigenvalue weighted by molar-refractivity contribution is -0.143. The van der Waals surface area contributed by atoms with Crippen LogP contribution in [0.5, 0.6) is 0 Å². The quantitative estimate of drug-likeness (QED) is 0.709. The number of nitrogens with zero attached hydrogens (tertiary/aromatic N) is 3. The zero-order valence-electron chi connectivity index (χ0n) is 17.0. The molecular formula is C24H27N3O2. The smallest absolute Gasteiger partial charge is 0.306 e. The molecule has 4 rings (SSSR count). The summed E-state index contributed by atoms with van der Waals surface area (Å²) in [5, 5.41) is 10.5. The second-order valence-electron chi connectivity index (χ2n) is 7.97. The molecule has 0 amide bonds. The molecule has 1 N–H and O–H groups in total. The van der Waals surface area contributed by atoms with Crippen LogP contribution in [0.1, 0.15) is 30.1 Å². The lowest BCUT2D eigenvalue weighted by Crippen LogP contribution is -2.39. The number of fused-ring (bicyclic) bond motifs is 1. The highest BCUT2D eigenvalue weighted by Gasteiger charge is 2.31. The highest BCUT2D eigenvalue weighted by molar-refractivity contribution is 5.78. The van der Waals surface area contributed by atoms with E-state index in [9.17, 15) is 9.90 Å². The van der Waals surface area contributed by atoms with Gasteiger partial charge in [-0.3, -0.25) is 14.7 Å². The van der Waals surface area contributed by atoms with Crippen molar-refractivity contribution in [1.29, 1.82) is 0 Å². The second kappa shape index (κ2) is 8.21. The van der Waals surface area contributed by atoms with Crippen LogP contribution in [0.25, 0.3) is 10.9 Å². The van der Waals surface area contributed by atoms with E-state index >= 15 is 0 Å². The summed E-state index contributed by atoms with van der Waals surface area (Å²) in [5.41, 5.74) is 4.34. The van der Waals surface area contributed by atoms with Crippen LogP contribution < -0.4 is 4.90 Å². The number of hydrogen-bond donors (Lipinski definition) is 1. The van der Waals surface area contributed by atoms with Crippen LogP contribution in [0.4, 0.5) is 5.69 Å². The summed E-state index contributed by atoms with van der Waals surface area (Å²) in [6.07, 6.45) is 1.35. The number of rotatable bonds is 5. The van der Waals surface area contributed by atoms with Crippen LogP contribution in [0.15, 0.2) is 60.7 Å². The molecular weight excluding hydrogens is 362 g/mol. The maximum Gasteiger partial charge on any atom is 0.306 e. The highest BCUT2D eigenvalue weighted by atomic mass is 16.4. The third kappa shape index (κ3) is 4.10. The van der Waals surface area contributed by atoms with Gasteiger partial charge in [-0.15, -0.1) is 0 Å². The average molecular weight is 389 g/mol. The molecule has 1 saturated heterocycles. The van der Waals surface area contributed by atoms with E-state index in [1.165, 1.54) is 5.56 Å². The molecule has 5 nitrogen and oxygen atoms in total. The molecule has 2 heterocycles. The zero-order valence-corrected chi connectivity index (χ0v) is 17.0. The number of aliphatic carboxylic acids is 1. The Hall–Kier alpha value is -2.92. The topological polar surface area (TPSA) is 56.7 Å². The molecule has 1 fully saturated rings. The number of anilines is 1. The van der Waals surface area contributed by atoms with Gasteiger partial charge in [0.25, 0.3) is 0 Å².